The number of nitrogens with zero attached hydrogens (tertiary/aromatic N) is 1. The lowest BCUT2D eigenvalue weighted by Crippen LogP contribution is -2.31. The summed E-state index contributed by atoms with van der Waals surface area (Å²) in [5.41, 5.74) is 1.48. The molecule has 0 radical (unpaired) electrons. The SMILES string of the molecule is COc1cc(NC(=O)C2OC(C)CC2C)c2ccccc2n1. The molecule has 1 aromatic heterocycles. The molecule has 22 heavy (non-hydrogen) atoms. The first-order chi connectivity index (χ1) is 10.6. The summed E-state index contributed by atoms with van der Waals surface area (Å²) in [4.78, 5) is 16.9. The van der Waals surface area contributed by atoms with Crippen LogP contribution in [0.4, 0.5) is 5.69 Å². The van der Waals surface area contributed by atoms with E-state index in [1.54, 1.807) is 13.2 Å². The molecule has 1 aromatic carbocycles. The van der Waals surface area contributed by atoms with Gasteiger partial charge in [0.25, 0.3) is 5.91 Å². The Morgan fingerprint density at radius 3 is 2.82 bits per heavy atom. The van der Waals surface area contributed by atoms with Crippen molar-refractivity contribution in [3.05, 3.63) is 30.3 Å². The first-order valence-corrected chi connectivity index (χ1v) is 7.48. The lowest BCUT2D eigenvalue weighted by atomic mass is 10.0. The number of methoxy groups -OCH3 is 1. The monoisotopic (exact) mass is 300 g/mol. The minimum atomic E-state index is -0.409. The summed E-state index contributed by atoms with van der Waals surface area (Å²) in [5, 5.41) is 3.85. The molecular formula is C17H20N2O3. The van der Waals surface area contributed by atoms with Gasteiger partial charge >= 0.3 is 0 Å². The van der Waals surface area contributed by atoms with E-state index in [-0.39, 0.29) is 17.9 Å². The van der Waals surface area contributed by atoms with E-state index in [0.29, 0.717) is 11.6 Å². The van der Waals surface area contributed by atoms with Crippen molar-refractivity contribution in [3.63, 3.8) is 0 Å². The number of rotatable bonds is 3. The predicted octanol–water partition coefficient (Wildman–Crippen LogP) is 3.00. The Kier molecular flexibility index (Phi) is 3.98. The quantitative estimate of drug-likeness (QED) is 0.946. The number of ether oxygens (including phenoxy) is 2. The topological polar surface area (TPSA) is 60.5 Å². The van der Waals surface area contributed by atoms with Crippen LogP contribution < -0.4 is 10.1 Å². The minimum Gasteiger partial charge on any atom is -0.481 e. The number of nitrogens with one attached hydrogen (secondary N) is 1. The number of aromatic nitrogens is 1. The molecular weight excluding hydrogens is 280 g/mol. The van der Waals surface area contributed by atoms with Gasteiger partial charge in [0.05, 0.1) is 24.4 Å². The summed E-state index contributed by atoms with van der Waals surface area (Å²) in [7, 11) is 1.56. The Bertz CT molecular complexity index is 701. The van der Waals surface area contributed by atoms with Gasteiger partial charge in [-0.3, -0.25) is 4.79 Å². The highest BCUT2D eigenvalue weighted by Crippen LogP contribution is 2.30. The van der Waals surface area contributed by atoms with Gasteiger partial charge in [-0.05, 0) is 25.3 Å². The highest BCUT2D eigenvalue weighted by atomic mass is 16.5. The van der Waals surface area contributed by atoms with Crippen LogP contribution in [0.2, 0.25) is 0 Å². The third kappa shape index (κ3) is 2.76. The van der Waals surface area contributed by atoms with Gasteiger partial charge in [0, 0.05) is 11.5 Å². The van der Waals surface area contributed by atoms with Gasteiger partial charge in [-0.15, -0.1) is 0 Å². The molecule has 116 valence electrons. The van der Waals surface area contributed by atoms with Gasteiger partial charge in [-0.2, -0.15) is 0 Å². The molecule has 2 aromatic rings. The second-order valence-electron chi connectivity index (χ2n) is 5.80. The fraction of sp³-hybridized carbons (Fsp3) is 0.412. The van der Waals surface area contributed by atoms with E-state index in [2.05, 4.69) is 10.3 Å². The molecule has 2 heterocycles. The van der Waals surface area contributed by atoms with Gasteiger partial charge in [0.1, 0.15) is 6.10 Å². The van der Waals surface area contributed by atoms with Crippen LogP contribution in [0.3, 0.4) is 0 Å². The maximum Gasteiger partial charge on any atom is 0.253 e. The van der Waals surface area contributed by atoms with Gasteiger partial charge < -0.3 is 14.8 Å². The predicted molar refractivity (Wildman–Crippen MR) is 85.0 cm³/mol. The Hall–Kier alpha value is -2.14. The summed E-state index contributed by atoms with van der Waals surface area (Å²) in [6, 6.07) is 9.39. The highest BCUT2D eigenvalue weighted by molar-refractivity contribution is 6.03. The minimum absolute atomic E-state index is 0.116. The number of carbonyl (C=O) groups is 1. The van der Waals surface area contributed by atoms with E-state index >= 15 is 0 Å². The normalized spacial score (nSPS) is 24.4. The van der Waals surface area contributed by atoms with Crippen molar-refractivity contribution in [1.29, 1.82) is 0 Å². The number of anilines is 1. The lowest BCUT2D eigenvalue weighted by molar-refractivity contribution is -0.127. The molecule has 3 rings (SSSR count). The van der Waals surface area contributed by atoms with Gasteiger partial charge in [0.2, 0.25) is 5.88 Å². The maximum atomic E-state index is 12.5. The second-order valence-corrected chi connectivity index (χ2v) is 5.80. The number of pyridine rings is 1. The van der Waals surface area contributed by atoms with Crippen molar-refractivity contribution in [2.75, 3.05) is 12.4 Å². The number of para-hydroxylation sites is 1. The van der Waals surface area contributed by atoms with Crippen LogP contribution in [-0.4, -0.2) is 30.2 Å². The van der Waals surface area contributed by atoms with Crippen LogP contribution in [0.25, 0.3) is 10.9 Å². The molecule has 5 nitrogen and oxygen atoms in total. The average molecular weight is 300 g/mol. The lowest BCUT2D eigenvalue weighted by Gasteiger charge is -2.16. The zero-order valence-electron chi connectivity index (χ0n) is 13.0. The summed E-state index contributed by atoms with van der Waals surface area (Å²) < 4.78 is 10.9. The number of hydrogen-bond donors (Lipinski definition) is 1. The number of amides is 1. The number of fused-ring (bicyclic) bond motifs is 1. The van der Waals surface area contributed by atoms with E-state index in [9.17, 15) is 4.79 Å². The zero-order valence-corrected chi connectivity index (χ0v) is 13.0. The van der Waals surface area contributed by atoms with Crippen molar-refractivity contribution in [2.24, 2.45) is 5.92 Å². The van der Waals surface area contributed by atoms with Crippen molar-refractivity contribution in [2.45, 2.75) is 32.5 Å². The largest absolute Gasteiger partial charge is 0.481 e. The van der Waals surface area contributed by atoms with E-state index in [1.807, 2.05) is 38.1 Å². The fourth-order valence-corrected chi connectivity index (χ4v) is 2.97. The van der Waals surface area contributed by atoms with E-state index < -0.39 is 6.10 Å². The van der Waals surface area contributed by atoms with Crippen LogP contribution in [0.1, 0.15) is 20.3 Å². The molecule has 0 bridgehead atoms. The third-order valence-corrected chi connectivity index (χ3v) is 4.02. The molecule has 0 spiro atoms. The first-order valence-electron chi connectivity index (χ1n) is 7.48. The van der Waals surface area contributed by atoms with Crippen molar-refractivity contribution in [1.82, 2.24) is 4.98 Å². The number of carbonyl (C=O) groups excluding carboxylic acids is 1. The third-order valence-electron chi connectivity index (χ3n) is 4.02. The summed E-state index contributed by atoms with van der Waals surface area (Å²) in [5.74, 6) is 0.572. The number of hydrogen-bond acceptors (Lipinski definition) is 4. The van der Waals surface area contributed by atoms with E-state index in [4.69, 9.17) is 9.47 Å². The summed E-state index contributed by atoms with van der Waals surface area (Å²) in [6.45, 7) is 4.04. The standard InChI is InChI=1S/C17H20N2O3/c1-10-8-11(2)22-16(10)17(20)19-14-9-15(21-3)18-13-7-5-4-6-12(13)14/h4-7,9-11,16H,8H2,1-3H3,(H,18,19,20). The maximum absolute atomic E-state index is 12.5. The molecule has 1 aliphatic heterocycles. The fourth-order valence-electron chi connectivity index (χ4n) is 2.97. The molecule has 5 heteroatoms. The highest BCUT2D eigenvalue weighted by Gasteiger charge is 2.35. The summed E-state index contributed by atoms with van der Waals surface area (Å²) >= 11 is 0. The van der Waals surface area contributed by atoms with Crippen LogP contribution in [0, 0.1) is 5.92 Å². The Morgan fingerprint density at radius 2 is 2.14 bits per heavy atom. The molecule has 3 unspecified atom stereocenters. The van der Waals surface area contributed by atoms with Crippen LogP contribution in [0.5, 0.6) is 5.88 Å². The van der Waals surface area contributed by atoms with Crippen LogP contribution in [-0.2, 0) is 9.53 Å². The van der Waals surface area contributed by atoms with Gasteiger partial charge in [-0.1, -0.05) is 25.1 Å². The van der Waals surface area contributed by atoms with Crippen LogP contribution in [0.15, 0.2) is 30.3 Å². The molecule has 1 N–H and O–H groups in total. The first kappa shape index (κ1) is 14.8. The Balaban J connectivity index is 1.91. The smallest absolute Gasteiger partial charge is 0.253 e. The molecule has 1 fully saturated rings. The molecule has 0 aliphatic carbocycles. The van der Waals surface area contributed by atoms with Gasteiger partial charge in [0.15, 0.2) is 0 Å². The van der Waals surface area contributed by atoms with Crippen molar-refractivity contribution >= 4 is 22.5 Å². The second kappa shape index (κ2) is 5.93. The summed E-state index contributed by atoms with van der Waals surface area (Å²) in [6.07, 6.45) is 0.612. The van der Waals surface area contributed by atoms with E-state index in [1.165, 1.54) is 0 Å². The Labute approximate surface area is 129 Å². The van der Waals surface area contributed by atoms with Crippen LogP contribution >= 0.6 is 0 Å². The van der Waals surface area contributed by atoms with Gasteiger partial charge in [-0.25, -0.2) is 4.98 Å². The van der Waals surface area contributed by atoms with Crippen molar-refractivity contribution in [3.8, 4) is 5.88 Å². The van der Waals surface area contributed by atoms with E-state index in [0.717, 1.165) is 17.3 Å². The molecule has 1 amide bonds. The molecule has 0 saturated carbocycles. The zero-order chi connectivity index (χ0) is 15.7. The molecule has 1 saturated heterocycles. The Morgan fingerprint density at radius 1 is 1.36 bits per heavy atom. The molecule has 1 aliphatic rings. The number of benzene rings is 1. The average Bonchev–Trinajstić information content (AvgIpc) is 2.85. The van der Waals surface area contributed by atoms with Crippen molar-refractivity contribution < 1.29 is 14.3 Å². The molecule has 3 atom stereocenters.